The van der Waals surface area contributed by atoms with E-state index in [1.807, 2.05) is 0 Å². The zero-order chi connectivity index (χ0) is 9.30. The van der Waals surface area contributed by atoms with Crippen molar-refractivity contribution in [3.05, 3.63) is 32.8 Å². The van der Waals surface area contributed by atoms with Crippen LogP contribution in [0.2, 0.25) is 5.02 Å². The van der Waals surface area contributed by atoms with E-state index in [-0.39, 0.29) is 15.8 Å². The van der Waals surface area contributed by atoms with Crippen LogP contribution in [-0.2, 0) is 0 Å². The topological polar surface area (TPSA) is 17.1 Å². The standard InChI is InChI=1S/C7H2BrClF2O/c8-4-1-5(9)3(2-12)6(10)7(4)11/h1-2H. The monoisotopic (exact) mass is 254 g/mol. The van der Waals surface area contributed by atoms with Gasteiger partial charge in [-0.25, -0.2) is 8.78 Å². The highest BCUT2D eigenvalue weighted by atomic mass is 79.9. The van der Waals surface area contributed by atoms with E-state index in [2.05, 4.69) is 15.9 Å². The Morgan fingerprint density at radius 1 is 1.42 bits per heavy atom. The number of hydrogen-bond donors (Lipinski definition) is 0. The zero-order valence-corrected chi connectivity index (χ0v) is 7.92. The quantitative estimate of drug-likeness (QED) is 0.428. The van der Waals surface area contributed by atoms with Crippen molar-refractivity contribution in [1.82, 2.24) is 0 Å². The number of halogens is 4. The van der Waals surface area contributed by atoms with Crippen molar-refractivity contribution in [2.45, 2.75) is 0 Å². The summed E-state index contributed by atoms with van der Waals surface area (Å²) in [5.41, 5.74) is -0.461. The summed E-state index contributed by atoms with van der Waals surface area (Å²) in [6.07, 6.45) is 0.174. The number of hydrogen-bond acceptors (Lipinski definition) is 1. The van der Waals surface area contributed by atoms with Crippen LogP contribution >= 0.6 is 27.5 Å². The molecule has 0 aliphatic heterocycles. The fourth-order valence-corrected chi connectivity index (χ4v) is 1.46. The lowest BCUT2D eigenvalue weighted by molar-refractivity contribution is 0.111. The molecule has 64 valence electrons. The van der Waals surface area contributed by atoms with E-state index in [1.54, 1.807) is 0 Å². The molecule has 0 unspecified atom stereocenters. The van der Waals surface area contributed by atoms with Gasteiger partial charge >= 0.3 is 0 Å². The molecule has 0 aromatic heterocycles. The molecule has 5 heteroatoms. The molecular weight excluding hydrogens is 253 g/mol. The Labute approximate surface area is 80.5 Å². The first-order valence-corrected chi connectivity index (χ1v) is 4.03. The van der Waals surface area contributed by atoms with E-state index < -0.39 is 17.2 Å². The lowest BCUT2D eigenvalue weighted by Gasteiger charge is -2.01. The second-order valence-corrected chi connectivity index (χ2v) is 3.26. The minimum Gasteiger partial charge on any atom is -0.298 e. The first-order valence-electron chi connectivity index (χ1n) is 2.86. The summed E-state index contributed by atoms with van der Waals surface area (Å²) in [5.74, 6) is -2.34. The largest absolute Gasteiger partial charge is 0.298 e. The van der Waals surface area contributed by atoms with Crippen LogP contribution < -0.4 is 0 Å². The number of carbonyl (C=O) groups is 1. The molecule has 0 atom stereocenters. The van der Waals surface area contributed by atoms with Crippen molar-refractivity contribution in [3.63, 3.8) is 0 Å². The predicted octanol–water partition coefficient (Wildman–Crippen LogP) is 3.19. The molecular formula is C7H2BrClF2O. The Morgan fingerprint density at radius 2 is 2.00 bits per heavy atom. The molecule has 12 heavy (non-hydrogen) atoms. The van der Waals surface area contributed by atoms with Crippen LogP contribution in [0.4, 0.5) is 8.78 Å². The molecule has 1 rings (SSSR count). The van der Waals surface area contributed by atoms with Crippen molar-refractivity contribution in [2.75, 3.05) is 0 Å². The van der Waals surface area contributed by atoms with Gasteiger partial charge in [-0.05, 0) is 22.0 Å². The van der Waals surface area contributed by atoms with Crippen molar-refractivity contribution < 1.29 is 13.6 Å². The maximum absolute atomic E-state index is 12.8. The molecule has 0 N–H and O–H groups in total. The average Bonchev–Trinajstić information content (AvgIpc) is 2.01. The Morgan fingerprint density at radius 3 is 2.50 bits per heavy atom. The van der Waals surface area contributed by atoms with Crippen LogP contribution in [-0.4, -0.2) is 6.29 Å². The van der Waals surface area contributed by atoms with E-state index in [0.717, 1.165) is 6.07 Å². The van der Waals surface area contributed by atoms with Gasteiger partial charge in [0.1, 0.15) is 0 Å². The third kappa shape index (κ3) is 1.49. The van der Waals surface area contributed by atoms with E-state index in [9.17, 15) is 13.6 Å². The third-order valence-electron chi connectivity index (χ3n) is 1.27. The van der Waals surface area contributed by atoms with E-state index >= 15 is 0 Å². The van der Waals surface area contributed by atoms with Crippen LogP contribution in [0.15, 0.2) is 10.5 Å². The smallest absolute Gasteiger partial charge is 0.173 e. The number of aldehydes is 1. The first-order chi connectivity index (χ1) is 5.57. The van der Waals surface area contributed by atoms with Crippen LogP contribution in [0.25, 0.3) is 0 Å². The molecule has 0 saturated heterocycles. The van der Waals surface area contributed by atoms with Gasteiger partial charge in [-0.3, -0.25) is 4.79 Å². The number of benzene rings is 1. The Kier molecular flexibility index (Phi) is 2.80. The van der Waals surface area contributed by atoms with Crippen molar-refractivity contribution in [1.29, 1.82) is 0 Å². The third-order valence-corrected chi connectivity index (χ3v) is 2.16. The fourth-order valence-electron chi connectivity index (χ4n) is 0.688. The number of rotatable bonds is 1. The molecule has 0 saturated carbocycles. The van der Waals surface area contributed by atoms with Crippen molar-refractivity contribution >= 4 is 33.8 Å². The Hall–Kier alpha value is -0.480. The maximum Gasteiger partial charge on any atom is 0.173 e. The molecule has 0 spiro atoms. The van der Waals surface area contributed by atoms with Crippen LogP contribution in [0.5, 0.6) is 0 Å². The summed E-state index contributed by atoms with van der Waals surface area (Å²) < 4.78 is 25.4. The summed E-state index contributed by atoms with van der Waals surface area (Å²) in [4.78, 5) is 10.2. The molecule has 0 heterocycles. The van der Waals surface area contributed by atoms with Gasteiger partial charge in [0.15, 0.2) is 17.9 Å². The minimum absolute atomic E-state index is 0.101. The van der Waals surface area contributed by atoms with Crippen LogP contribution in [0.1, 0.15) is 10.4 Å². The predicted molar refractivity (Wildman–Crippen MR) is 44.5 cm³/mol. The molecule has 0 amide bonds. The van der Waals surface area contributed by atoms with Gasteiger partial charge in [-0.1, -0.05) is 11.6 Å². The number of carbonyl (C=O) groups excluding carboxylic acids is 1. The first kappa shape index (κ1) is 9.61. The molecule has 1 nitrogen and oxygen atoms in total. The van der Waals surface area contributed by atoms with Gasteiger partial charge in [0.25, 0.3) is 0 Å². The van der Waals surface area contributed by atoms with E-state index in [4.69, 9.17) is 11.6 Å². The zero-order valence-electron chi connectivity index (χ0n) is 5.57. The molecule has 0 bridgehead atoms. The SMILES string of the molecule is O=Cc1c(Cl)cc(Br)c(F)c1F. The summed E-state index contributed by atoms with van der Waals surface area (Å²) in [7, 11) is 0. The second kappa shape index (κ2) is 3.49. The molecule has 0 aliphatic carbocycles. The van der Waals surface area contributed by atoms with Crippen molar-refractivity contribution in [2.24, 2.45) is 0 Å². The summed E-state index contributed by atoms with van der Waals surface area (Å²) in [5, 5.41) is -0.115. The average molecular weight is 255 g/mol. The highest BCUT2D eigenvalue weighted by molar-refractivity contribution is 9.10. The van der Waals surface area contributed by atoms with Gasteiger partial charge in [0.2, 0.25) is 0 Å². The van der Waals surface area contributed by atoms with Crippen LogP contribution in [0.3, 0.4) is 0 Å². The molecule has 1 aromatic carbocycles. The normalized spacial score (nSPS) is 10.0. The lowest BCUT2D eigenvalue weighted by atomic mass is 10.2. The van der Waals surface area contributed by atoms with Gasteiger partial charge in [-0.2, -0.15) is 0 Å². The summed E-state index contributed by atoms with van der Waals surface area (Å²) in [6, 6.07) is 1.13. The van der Waals surface area contributed by atoms with Gasteiger partial charge in [0.05, 0.1) is 15.1 Å². The second-order valence-electron chi connectivity index (χ2n) is 2.00. The molecule has 0 fully saturated rings. The Balaban J connectivity index is 3.51. The molecule has 0 radical (unpaired) electrons. The highest BCUT2D eigenvalue weighted by Crippen LogP contribution is 2.26. The van der Waals surface area contributed by atoms with E-state index in [1.165, 1.54) is 0 Å². The van der Waals surface area contributed by atoms with Gasteiger partial charge < -0.3 is 0 Å². The van der Waals surface area contributed by atoms with E-state index in [0.29, 0.717) is 0 Å². The summed E-state index contributed by atoms with van der Waals surface area (Å²) >= 11 is 8.18. The Bertz CT molecular complexity index is 341. The fraction of sp³-hybridized carbons (Fsp3) is 0. The lowest BCUT2D eigenvalue weighted by Crippen LogP contribution is -1.94. The van der Waals surface area contributed by atoms with Crippen molar-refractivity contribution in [3.8, 4) is 0 Å². The van der Waals surface area contributed by atoms with Crippen LogP contribution in [0, 0.1) is 11.6 Å². The molecule has 1 aromatic rings. The molecule has 0 aliphatic rings. The van der Waals surface area contributed by atoms with Gasteiger partial charge in [-0.15, -0.1) is 0 Å². The maximum atomic E-state index is 12.8. The van der Waals surface area contributed by atoms with Gasteiger partial charge in [0, 0.05) is 0 Å². The summed E-state index contributed by atoms with van der Waals surface area (Å²) in [6.45, 7) is 0. The highest BCUT2D eigenvalue weighted by Gasteiger charge is 2.15. The minimum atomic E-state index is -1.23.